The van der Waals surface area contributed by atoms with Crippen LogP contribution in [0.25, 0.3) is 0 Å². The van der Waals surface area contributed by atoms with Crippen molar-refractivity contribution in [3.05, 3.63) is 54.1 Å². The summed E-state index contributed by atoms with van der Waals surface area (Å²) in [6.07, 6.45) is 2.59. The van der Waals surface area contributed by atoms with Gasteiger partial charge < -0.3 is 30.3 Å². The van der Waals surface area contributed by atoms with Gasteiger partial charge >= 0.3 is 6.03 Å². The van der Waals surface area contributed by atoms with Crippen LogP contribution in [0.4, 0.5) is 16.2 Å². The van der Waals surface area contributed by atoms with E-state index in [1.165, 1.54) is 12.8 Å². The number of urea groups is 1. The summed E-state index contributed by atoms with van der Waals surface area (Å²) in [4.78, 5) is 29.9. The number of ether oxygens (including phenoxy) is 1. The molecule has 0 radical (unpaired) electrons. The largest absolute Gasteiger partial charge is 0.488 e. The molecule has 2 aliphatic rings. The number of hydrogen-bond acceptors (Lipinski definition) is 5. The Morgan fingerprint density at radius 1 is 1.14 bits per heavy atom. The first-order valence-corrected chi connectivity index (χ1v) is 12.8. The zero-order valence-corrected chi connectivity index (χ0v) is 21.4. The molecule has 3 atom stereocenters. The predicted molar refractivity (Wildman–Crippen MR) is 141 cm³/mol. The third-order valence-electron chi connectivity index (χ3n) is 6.96. The van der Waals surface area contributed by atoms with E-state index in [4.69, 9.17) is 4.74 Å². The fourth-order valence-corrected chi connectivity index (χ4v) is 4.66. The van der Waals surface area contributed by atoms with Gasteiger partial charge in [-0.25, -0.2) is 4.79 Å². The second-order valence-corrected chi connectivity index (χ2v) is 10.3. The molecule has 1 aliphatic carbocycles. The molecular weight excluding hydrogens is 456 g/mol. The van der Waals surface area contributed by atoms with Crippen molar-refractivity contribution in [3.63, 3.8) is 0 Å². The van der Waals surface area contributed by atoms with Gasteiger partial charge in [0, 0.05) is 42.5 Å². The van der Waals surface area contributed by atoms with Crippen molar-refractivity contribution in [2.24, 2.45) is 11.8 Å². The molecule has 1 fully saturated rings. The Morgan fingerprint density at radius 3 is 2.56 bits per heavy atom. The summed E-state index contributed by atoms with van der Waals surface area (Å²) >= 11 is 0. The van der Waals surface area contributed by atoms with Crippen LogP contribution in [0.3, 0.4) is 0 Å². The van der Waals surface area contributed by atoms with E-state index in [2.05, 4.69) is 29.5 Å². The second-order valence-electron chi connectivity index (χ2n) is 10.3. The Balaban J connectivity index is 1.55. The number of para-hydroxylation sites is 1. The van der Waals surface area contributed by atoms with Crippen LogP contribution >= 0.6 is 0 Å². The molecule has 1 saturated carbocycles. The molecule has 0 aromatic heterocycles. The van der Waals surface area contributed by atoms with Crippen LogP contribution in [0.5, 0.6) is 5.75 Å². The van der Waals surface area contributed by atoms with Crippen molar-refractivity contribution in [2.45, 2.75) is 45.3 Å². The smallest absolute Gasteiger partial charge is 0.323 e. The van der Waals surface area contributed by atoms with Crippen LogP contribution in [0.2, 0.25) is 0 Å². The number of likely N-dealkylation sites (N-methyl/N-ethyl adjacent to an activating group) is 1. The number of amides is 3. The minimum absolute atomic E-state index is 0.0638. The lowest BCUT2D eigenvalue weighted by atomic mass is 10.0. The summed E-state index contributed by atoms with van der Waals surface area (Å²) < 4.78 is 6.56. The highest BCUT2D eigenvalue weighted by atomic mass is 16.5. The van der Waals surface area contributed by atoms with Crippen molar-refractivity contribution in [1.82, 2.24) is 9.80 Å². The highest BCUT2D eigenvalue weighted by molar-refractivity contribution is 5.99. The number of aliphatic hydroxyl groups is 1. The number of nitrogens with one attached hydrogen (secondary N) is 2. The van der Waals surface area contributed by atoms with E-state index in [9.17, 15) is 14.7 Å². The number of carbonyl (C=O) groups excluding carboxylic acids is 2. The van der Waals surface area contributed by atoms with Gasteiger partial charge in [0.05, 0.1) is 19.1 Å². The normalized spacial score (nSPS) is 21.0. The van der Waals surface area contributed by atoms with Gasteiger partial charge in [0.25, 0.3) is 0 Å². The third kappa shape index (κ3) is 6.98. The fourth-order valence-electron chi connectivity index (χ4n) is 4.66. The average molecular weight is 495 g/mol. The van der Waals surface area contributed by atoms with Gasteiger partial charge in [-0.15, -0.1) is 0 Å². The minimum Gasteiger partial charge on any atom is -0.488 e. The van der Waals surface area contributed by atoms with Gasteiger partial charge in [0.1, 0.15) is 11.9 Å². The average Bonchev–Trinajstić information content (AvgIpc) is 3.66. The fraction of sp³-hybridized carbons (Fsp3) is 0.500. The second kappa shape index (κ2) is 11.8. The number of benzene rings is 2. The summed E-state index contributed by atoms with van der Waals surface area (Å²) in [5.41, 5.74) is 1.99. The summed E-state index contributed by atoms with van der Waals surface area (Å²) in [5, 5.41) is 15.5. The van der Waals surface area contributed by atoms with Crippen molar-refractivity contribution in [2.75, 3.05) is 43.9 Å². The van der Waals surface area contributed by atoms with Crippen LogP contribution in [-0.4, -0.2) is 72.3 Å². The van der Waals surface area contributed by atoms with Gasteiger partial charge in [-0.05, 0) is 63.1 Å². The SMILES string of the molecule is C[C@H]1CN([C@@H](C)CO)C(=O)Cc2cc(NC(=O)Nc3ccccc3)ccc2O[C@H]1CN(C)CC1CC1. The lowest BCUT2D eigenvalue weighted by molar-refractivity contribution is -0.134. The Morgan fingerprint density at radius 2 is 1.86 bits per heavy atom. The zero-order valence-electron chi connectivity index (χ0n) is 21.4. The van der Waals surface area contributed by atoms with Gasteiger partial charge in [-0.3, -0.25) is 4.79 Å². The van der Waals surface area contributed by atoms with Crippen molar-refractivity contribution in [1.29, 1.82) is 0 Å². The van der Waals surface area contributed by atoms with E-state index in [1.807, 2.05) is 43.3 Å². The molecule has 8 nitrogen and oxygen atoms in total. The van der Waals surface area contributed by atoms with E-state index in [0.717, 1.165) is 24.6 Å². The first-order valence-electron chi connectivity index (χ1n) is 12.8. The zero-order chi connectivity index (χ0) is 25.7. The Hall–Kier alpha value is -3.10. The first-order chi connectivity index (χ1) is 17.3. The van der Waals surface area contributed by atoms with E-state index >= 15 is 0 Å². The number of hydrogen-bond donors (Lipinski definition) is 3. The molecule has 4 rings (SSSR count). The van der Waals surface area contributed by atoms with E-state index in [1.54, 1.807) is 17.0 Å². The maximum absolute atomic E-state index is 13.3. The standard InChI is InChI=1S/C28H38N4O4/c1-19-15-32(20(2)18-33)27(34)14-22-13-24(30-28(35)29-23-7-5-4-6-8-23)11-12-25(22)36-26(19)17-31(3)16-21-9-10-21/h4-8,11-13,19-21,26,33H,9-10,14-18H2,1-3H3,(H2,29,30,35)/t19-,20-,26-/m0/s1. The van der Waals surface area contributed by atoms with Crippen molar-refractivity contribution in [3.8, 4) is 5.75 Å². The molecule has 8 heteroatoms. The summed E-state index contributed by atoms with van der Waals surface area (Å²) in [5.74, 6) is 1.45. The Kier molecular flexibility index (Phi) is 8.48. The van der Waals surface area contributed by atoms with Crippen molar-refractivity contribution >= 4 is 23.3 Å². The molecule has 0 spiro atoms. The topological polar surface area (TPSA) is 94.1 Å². The van der Waals surface area contributed by atoms with Crippen LogP contribution in [0.1, 0.15) is 32.3 Å². The van der Waals surface area contributed by atoms with E-state index < -0.39 is 0 Å². The lowest BCUT2D eigenvalue weighted by Gasteiger charge is -2.34. The summed E-state index contributed by atoms with van der Waals surface area (Å²) in [6.45, 7) is 6.20. The monoisotopic (exact) mass is 494 g/mol. The molecule has 36 heavy (non-hydrogen) atoms. The Labute approximate surface area is 213 Å². The summed E-state index contributed by atoms with van der Waals surface area (Å²) in [7, 11) is 2.12. The molecule has 1 heterocycles. The molecule has 194 valence electrons. The maximum Gasteiger partial charge on any atom is 0.323 e. The van der Waals surface area contributed by atoms with Crippen LogP contribution in [-0.2, 0) is 11.2 Å². The maximum atomic E-state index is 13.3. The lowest BCUT2D eigenvalue weighted by Crippen LogP contribution is -2.47. The van der Waals surface area contributed by atoms with Crippen LogP contribution < -0.4 is 15.4 Å². The quantitative estimate of drug-likeness (QED) is 0.519. The van der Waals surface area contributed by atoms with Gasteiger partial charge in [0.2, 0.25) is 5.91 Å². The number of rotatable bonds is 8. The number of carbonyl (C=O) groups is 2. The molecule has 0 unspecified atom stereocenters. The molecule has 3 amide bonds. The summed E-state index contributed by atoms with van der Waals surface area (Å²) in [6, 6.07) is 14.0. The molecular formula is C28H38N4O4. The Bertz CT molecular complexity index is 1040. The number of anilines is 2. The van der Waals surface area contributed by atoms with E-state index in [-0.39, 0.29) is 43.0 Å². The van der Waals surface area contributed by atoms with Crippen molar-refractivity contribution < 1.29 is 19.4 Å². The molecule has 0 saturated heterocycles. The highest BCUT2D eigenvalue weighted by Gasteiger charge is 2.32. The number of aliphatic hydroxyl groups excluding tert-OH is 1. The van der Waals surface area contributed by atoms with Crippen LogP contribution in [0, 0.1) is 11.8 Å². The number of nitrogens with zero attached hydrogens (tertiary/aromatic N) is 2. The molecule has 3 N–H and O–H groups in total. The molecule has 2 aromatic carbocycles. The van der Waals surface area contributed by atoms with Gasteiger partial charge in [-0.2, -0.15) is 0 Å². The van der Waals surface area contributed by atoms with E-state index in [0.29, 0.717) is 23.7 Å². The molecule has 0 bridgehead atoms. The molecule has 2 aromatic rings. The van der Waals surface area contributed by atoms with Gasteiger partial charge in [0.15, 0.2) is 0 Å². The highest BCUT2D eigenvalue weighted by Crippen LogP contribution is 2.31. The minimum atomic E-state index is -0.361. The molecule has 1 aliphatic heterocycles. The van der Waals surface area contributed by atoms with Gasteiger partial charge in [-0.1, -0.05) is 25.1 Å². The first kappa shape index (κ1) is 26.0. The van der Waals surface area contributed by atoms with Crippen LogP contribution in [0.15, 0.2) is 48.5 Å². The number of fused-ring (bicyclic) bond motifs is 1. The predicted octanol–water partition coefficient (Wildman–Crippen LogP) is 3.82. The third-order valence-corrected chi connectivity index (χ3v) is 6.96.